The van der Waals surface area contributed by atoms with Crippen molar-refractivity contribution in [1.29, 1.82) is 0 Å². The Morgan fingerprint density at radius 1 is 1.44 bits per heavy atom. The van der Waals surface area contributed by atoms with E-state index in [2.05, 4.69) is 9.97 Å². The van der Waals surface area contributed by atoms with Gasteiger partial charge in [0.15, 0.2) is 0 Å². The van der Waals surface area contributed by atoms with Crippen LogP contribution in [0, 0.1) is 0 Å². The molecule has 16 heavy (non-hydrogen) atoms. The maximum atomic E-state index is 11.9. The van der Waals surface area contributed by atoms with Crippen LogP contribution in [0.1, 0.15) is 35.8 Å². The molecule has 0 amide bonds. The molecule has 5 heteroatoms. The van der Waals surface area contributed by atoms with Crippen LogP contribution in [-0.4, -0.2) is 21.8 Å². The molecule has 0 unspecified atom stereocenters. The molecule has 1 aliphatic carbocycles. The lowest BCUT2D eigenvalue weighted by molar-refractivity contribution is 0.336. The minimum Gasteiger partial charge on any atom is -0.328 e. The van der Waals surface area contributed by atoms with E-state index in [-0.39, 0.29) is 5.56 Å². The molecule has 0 radical (unpaired) electrons. The van der Waals surface area contributed by atoms with Crippen molar-refractivity contribution in [1.82, 2.24) is 9.97 Å². The molecule has 1 fully saturated rings. The number of thioether (sulfide) groups is 1. The second kappa shape index (κ2) is 3.89. The van der Waals surface area contributed by atoms with Crippen molar-refractivity contribution >= 4 is 11.8 Å². The Hall–Kier alpha value is -0.810. The van der Waals surface area contributed by atoms with Gasteiger partial charge in [0.1, 0.15) is 5.82 Å². The maximum absolute atomic E-state index is 11.9. The molecule has 1 aliphatic heterocycles. The summed E-state index contributed by atoms with van der Waals surface area (Å²) >= 11 is 1.81. The summed E-state index contributed by atoms with van der Waals surface area (Å²) in [5.74, 6) is 3.12. The smallest absolute Gasteiger partial charge is 0.255 e. The van der Waals surface area contributed by atoms with Gasteiger partial charge in [-0.2, -0.15) is 11.8 Å². The number of fused-ring (bicyclic) bond motifs is 1. The highest BCUT2D eigenvalue weighted by molar-refractivity contribution is 7.98. The van der Waals surface area contributed by atoms with Crippen LogP contribution in [0.5, 0.6) is 0 Å². The van der Waals surface area contributed by atoms with Crippen LogP contribution in [0.25, 0.3) is 0 Å². The second-order valence-corrected chi connectivity index (χ2v) is 5.71. The Bertz CT molecular complexity index is 465. The van der Waals surface area contributed by atoms with E-state index in [0.717, 1.165) is 47.8 Å². The van der Waals surface area contributed by atoms with Crippen LogP contribution in [-0.2, 0) is 12.2 Å². The Morgan fingerprint density at radius 2 is 2.25 bits per heavy atom. The number of aromatic amines is 1. The third kappa shape index (κ3) is 1.68. The molecule has 1 aromatic heterocycles. The standard InChI is InChI=1S/C11H15N3OS/c12-7-3-6(4-7)10-13-9-1-2-16-5-8(9)11(15)14-10/h6-7H,1-5,12H2,(H,13,14,15). The third-order valence-electron chi connectivity index (χ3n) is 3.41. The minimum absolute atomic E-state index is 0.0627. The van der Waals surface area contributed by atoms with Gasteiger partial charge in [0, 0.05) is 23.3 Å². The highest BCUT2D eigenvalue weighted by Crippen LogP contribution is 2.33. The van der Waals surface area contributed by atoms with E-state index in [1.165, 1.54) is 0 Å². The number of nitrogens with zero attached hydrogens (tertiary/aromatic N) is 1. The van der Waals surface area contributed by atoms with Crippen LogP contribution in [0.15, 0.2) is 4.79 Å². The summed E-state index contributed by atoms with van der Waals surface area (Å²) in [4.78, 5) is 19.4. The number of rotatable bonds is 1. The molecule has 0 spiro atoms. The summed E-state index contributed by atoms with van der Waals surface area (Å²) in [5.41, 5.74) is 7.71. The number of nitrogens with one attached hydrogen (secondary N) is 1. The minimum atomic E-state index is 0.0627. The van der Waals surface area contributed by atoms with E-state index in [0.29, 0.717) is 12.0 Å². The zero-order valence-corrected chi connectivity index (χ0v) is 9.85. The molecule has 4 nitrogen and oxygen atoms in total. The van der Waals surface area contributed by atoms with E-state index in [1.54, 1.807) is 11.8 Å². The first-order chi connectivity index (χ1) is 7.74. The van der Waals surface area contributed by atoms with Crippen LogP contribution in [0.3, 0.4) is 0 Å². The second-order valence-electron chi connectivity index (χ2n) is 4.61. The fourth-order valence-corrected chi connectivity index (χ4v) is 3.32. The summed E-state index contributed by atoms with van der Waals surface area (Å²) in [5, 5.41) is 0. The summed E-state index contributed by atoms with van der Waals surface area (Å²) in [6.45, 7) is 0. The average Bonchev–Trinajstić information content (AvgIpc) is 2.25. The summed E-state index contributed by atoms with van der Waals surface area (Å²) in [6, 6.07) is 0.293. The highest BCUT2D eigenvalue weighted by Gasteiger charge is 2.30. The maximum Gasteiger partial charge on any atom is 0.255 e. The Balaban J connectivity index is 1.96. The predicted octanol–water partition coefficient (Wildman–Crippen LogP) is 0.764. The topological polar surface area (TPSA) is 71.8 Å². The Labute approximate surface area is 98.0 Å². The lowest BCUT2D eigenvalue weighted by atomic mass is 9.80. The molecule has 0 aromatic carbocycles. The highest BCUT2D eigenvalue weighted by atomic mass is 32.2. The van der Waals surface area contributed by atoms with Gasteiger partial charge in [-0.15, -0.1) is 0 Å². The van der Waals surface area contributed by atoms with Gasteiger partial charge in [0.25, 0.3) is 5.56 Å². The molecule has 0 saturated heterocycles. The van der Waals surface area contributed by atoms with E-state index >= 15 is 0 Å². The van der Waals surface area contributed by atoms with E-state index in [4.69, 9.17) is 5.73 Å². The quantitative estimate of drug-likeness (QED) is 0.756. The fourth-order valence-electron chi connectivity index (χ4n) is 2.34. The van der Waals surface area contributed by atoms with Gasteiger partial charge in [-0.25, -0.2) is 4.98 Å². The van der Waals surface area contributed by atoms with Crippen LogP contribution in [0.4, 0.5) is 0 Å². The van der Waals surface area contributed by atoms with Gasteiger partial charge < -0.3 is 10.7 Å². The molecule has 3 rings (SSSR count). The fraction of sp³-hybridized carbons (Fsp3) is 0.636. The van der Waals surface area contributed by atoms with Crippen molar-refractivity contribution in [2.45, 2.75) is 37.0 Å². The van der Waals surface area contributed by atoms with Crippen LogP contribution in [0.2, 0.25) is 0 Å². The number of aryl methyl sites for hydroxylation is 1. The zero-order chi connectivity index (χ0) is 11.1. The van der Waals surface area contributed by atoms with Gasteiger partial charge in [-0.05, 0) is 25.0 Å². The van der Waals surface area contributed by atoms with Gasteiger partial charge in [0.05, 0.1) is 5.69 Å². The molecular weight excluding hydrogens is 222 g/mol. The Morgan fingerprint density at radius 3 is 3.00 bits per heavy atom. The first kappa shape index (κ1) is 10.4. The van der Waals surface area contributed by atoms with Crippen molar-refractivity contribution < 1.29 is 0 Å². The number of hydrogen-bond donors (Lipinski definition) is 2. The summed E-state index contributed by atoms with van der Waals surface area (Å²) in [7, 11) is 0. The number of hydrogen-bond acceptors (Lipinski definition) is 4. The molecular formula is C11H15N3OS. The van der Waals surface area contributed by atoms with E-state index in [9.17, 15) is 4.79 Å². The molecule has 2 heterocycles. The van der Waals surface area contributed by atoms with Gasteiger partial charge in [0.2, 0.25) is 0 Å². The first-order valence-corrected chi connectivity index (χ1v) is 6.85. The summed E-state index contributed by atoms with van der Waals surface area (Å²) in [6.07, 6.45) is 2.84. The summed E-state index contributed by atoms with van der Waals surface area (Å²) < 4.78 is 0. The van der Waals surface area contributed by atoms with Crippen molar-refractivity contribution in [3.8, 4) is 0 Å². The first-order valence-electron chi connectivity index (χ1n) is 5.69. The lowest BCUT2D eigenvalue weighted by Crippen LogP contribution is -2.37. The average molecular weight is 237 g/mol. The Kier molecular flexibility index (Phi) is 2.52. The zero-order valence-electron chi connectivity index (χ0n) is 9.03. The normalized spacial score (nSPS) is 28.3. The van der Waals surface area contributed by atoms with Gasteiger partial charge in [-0.1, -0.05) is 0 Å². The number of aromatic nitrogens is 2. The van der Waals surface area contributed by atoms with E-state index < -0.39 is 0 Å². The largest absolute Gasteiger partial charge is 0.328 e. The van der Waals surface area contributed by atoms with E-state index in [1.807, 2.05) is 0 Å². The molecule has 0 atom stereocenters. The molecule has 3 N–H and O–H groups in total. The number of H-pyrrole nitrogens is 1. The third-order valence-corrected chi connectivity index (χ3v) is 4.40. The number of nitrogens with two attached hydrogens (primary N) is 1. The van der Waals surface area contributed by atoms with Crippen molar-refractivity contribution in [2.24, 2.45) is 5.73 Å². The van der Waals surface area contributed by atoms with Crippen molar-refractivity contribution in [3.05, 3.63) is 27.4 Å². The molecule has 1 aromatic rings. The van der Waals surface area contributed by atoms with Gasteiger partial charge in [-0.3, -0.25) is 4.79 Å². The monoisotopic (exact) mass is 237 g/mol. The predicted molar refractivity (Wildman–Crippen MR) is 64.7 cm³/mol. The SMILES string of the molecule is NC1CC(c2nc3c(c(=O)[nH]2)CSCC3)C1. The lowest BCUT2D eigenvalue weighted by Gasteiger charge is -2.32. The van der Waals surface area contributed by atoms with Crippen molar-refractivity contribution in [2.75, 3.05) is 5.75 Å². The van der Waals surface area contributed by atoms with Crippen LogP contribution >= 0.6 is 11.8 Å². The molecule has 2 aliphatic rings. The van der Waals surface area contributed by atoms with Gasteiger partial charge >= 0.3 is 0 Å². The van der Waals surface area contributed by atoms with Crippen molar-refractivity contribution in [3.63, 3.8) is 0 Å². The molecule has 86 valence electrons. The molecule has 1 saturated carbocycles. The molecule has 0 bridgehead atoms. The van der Waals surface area contributed by atoms with Crippen LogP contribution < -0.4 is 11.3 Å².